The Morgan fingerprint density at radius 2 is 2.13 bits per heavy atom. The van der Waals surface area contributed by atoms with Gasteiger partial charge in [0.1, 0.15) is 11.2 Å². The molecule has 162 valence electrons. The number of aromatic nitrogens is 2. The molecular formula is C20H19FN4O6. The van der Waals surface area contributed by atoms with Crippen molar-refractivity contribution in [2.75, 3.05) is 24.6 Å². The summed E-state index contributed by atoms with van der Waals surface area (Å²) in [6, 6.07) is 1.07. The maximum absolute atomic E-state index is 15.0. The number of carboxylic acids is 1. The molecule has 4 heterocycles. The molecule has 11 heteroatoms. The van der Waals surface area contributed by atoms with Gasteiger partial charge in [-0.25, -0.2) is 19.0 Å². The maximum atomic E-state index is 15.0. The van der Waals surface area contributed by atoms with Gasteiger partial charge in [0.15, 0.2) is 23.5 Å². The van der Waals surface area contributed by atoms with Crippen LogP contribution in [0.15, 0.2) is 22.2 Å². The summed E-state index contributed by atoms with van der Waals surface area (Å²) in [7, 11) is 0. The van der Waals surface area contributed by atoms with E-state index in [9.17, 15) is 19.5 Å². The molecule has 0 spiro atoms. The lowest BCUT2D eigenvalue weighted by atomic mass is 10.0. The minimum absolute atomic E-state index is 0.0191. The number of rotatable bonds is 5. The lowest BCUT2D eigenvalue weighted by molar-refractivity contribution is -0.135. The predicted molar refractivity (Wildman–Crippen MR) is 106 cm³/mol. The number of fused-ring (bicyclic) bond motifs is 2. The van der Waals surface area contributed by atoms with Gasteiger partial charge in [0, 0.05) is 18.8 Å². The fraction of sp³-hybridized carbons (Fsp3) is 0.450. The van der Waals surface area contributed by atoms with Crippen LogP contribution in [0.2, 0.25) is 0 Å². The topological polar surface area (TPSA) is 123 Å². The molecule has 10 nitrogen and oxygen atoms in total. The van der Waals surface area contributed by atoms with Crippen molar-refractivity contribution >= 4 is 34.5 Å². The Kier molecular flexibility index (Phi) is 4.42. The van der Waals surface area contributed by atoms with E-state index in [0.717, 1.165) is 18.9 Å². The number of esters is 1. The third-order valence-corrected chi connectivity index (χ3v) is 5.80. The lowest BCUT2D eigenvalue weighted by Crippen LogP contribution is -2.30. The zero-order valence-corrected chi connectivity index (χ0v) is 16.6. The number of nitrogens with zero attached hydrogens (tertiary/aromatic N) is 4. The van der Waals surface area contributed by atoms with Crippen molar-refractivity contribution in [3.8, 4) is 0 Å². The van der Waals surface area contributed by atoms with E-state index in [2.05, 4.69) is 10.1 Å². The predicted octanol–water partition coefficient (Wildman–Crippen LogP) is 1.32. The van der Waals surface area contributed by atoms with Crippen LogP contribution in [0.5, 0.6) is 0 Å². The summed E-state index contributed by atoms with van der Waals surface area (Å²) in [6.45, 7) is 2.40. The number of carbonyl (C=O) groups excluding carboxylic acids is 1. The molecule has 2 atom stereocenters. The summed E-state index contributed by atoms with van der Waals surface area (Å²) in [5, 5.41) is 13.1. The van der Waals surface area contributed by atoms with Gasteiger partial charge >= 0.3 is 11.9 Å². The Morgan fingerprint density at radius 3 is 2.81 bits per heavy atom. The number of carboxylic acid groups (broad SMARTS) is 1. The number of hydrogen-bond acceptors (Lipinski definition) is 8. The molecule has 1 aliphatic carbocycles. The number of anilines is 1. The van der Waals surface area contributed by atoms with Crippen molar-refractivity contribution in [2.24, 2.45) is 11.1 Å². The van der Waals surface area contributed by atoms with Gasteiger partial charge in [-0.05, 0) is 25.8 Å². The summed E-state index contributed by atoms with van der Waals surface area (Å²) in [6.07, 6.45) is 2.50. The zero-order chi connectivity index (χ0) is 21.9. The fourth-order valence-electron chi connectivity index (χ4n) is 4.14. The molecule has 2 aromatic rings. The second-order valence-electron chi connectivity index (χ2n) is 7.83. The third-order valence-electron chi connectivity index (χ3n) is 5.80. The minimum Gasteiger partial charge on any atom is -0.477 e. The summed E-state index contributed by atoms with van der Waals surface area (Å²) >= 11 is 0. The van der Waals surface area contributed by atoms with E-state index in [-0.39, 0.29) is 54.2 Å². The maximum Gasteiger partial charge on any atom is 0.356 e. The highest BCUT2D eigenvalue weighted by Crippen LogP contribution is 2.38. The smallest absolute Gasteiger partial charge is 0.356 e. The highest BCUT2D eigenvalue weighted by molar-refractivity contribution is 6.37. The van der Waals surface area contributed by atoms with Crippen LogP contribution >= 0.6 is 0 Å². The van der Waals surface area contributed by atoms with E-state index in [1.807, 2.05) is 0 Å². The highest BCUT2D eigenvalue weighted by atomic mass is 19.1. The first-order valence-electron chi connectivity index (χ1n) is 10.0. The van der Waals surface area contributed by atoms with Crippen LogP contribution in [0.4, 0.5) is 10.2 Å². The Bertz CT molecular complexity index is 1200. The van der Waals surface area contributed by atoms with Gasteiger partial charge in [0.2, 0.25) is 5.43 Å². The molecule has 0 amide bonds. The van der Waals surface area contributed by atoms with Crippen molar-refractivity contribution in [3.05, 3.63) is 33.9 Å². The molecule has 0 radical (unpaired) electrons. The van der Waals surface area contributed by atoms with Crippen molar-refractivity contribution in [1.82, 2.24) is 9.55 Å². The van der Waals surface area contributed by atoms with Crippen molar-refractivity contribution in [2.45, 2.75) is 31.9 Å². The SMILES string of the molecule is CCOC(=O)C1=NOC2CN(c3nc4c(cc3F)c(=O)c(C(=O)O)cn4C3CC3)CC12. The van der Waals surface area contributed by atoms with Gasteiger partial charge in [0.05, 0.1) is 24.5 Å². The first-order chi connectivity index (χ1) is 14.9. The molecule has 2 fully saturated rings. The molecule has 2 aromatic heterocycles. The van der Waals surface area contributed by atoms with Crippen molar-refractivity contribution in [1.29, 1.82) is 0 Å². The Morgan fingerprint density at radius 1 is 1.35 bits per heavy atom. The average Bonchev–Trinajstić information content (AvgIpc) is 3.36. The van der Waals surface area contributed by atoms with E-state index in [1.165, 1.54) is 6.20 Å². The number of hydrogen-bond donors (Lipinski definition) is 1. The van der Waals surface area contributed by atoms with Crippen molar-refractivity contribution < 1.29 is 28.7 Å². The van der Waals surface area contributed by atoms with Crippen LogP contribution in [0.3, 0.4) is 0 Å². The second kappa shape index (κ2) is 7.03. The quantitative estimate of drug-likeness (QED) is 0.705. The lowest BCUT2D eigenvalue weighted by Gasteiger charge is -2.20. The standard InChI is InChI=1S/C20H19FN4O6/c1-2-30-20(29)15-11-6-24(8-14(11)31-23-15)18-13(21)5-10-16(26)12(19(27)28)7-25(9-3-4-9)17(10)22-18/h5,7,9,11,14H,2-4,6,8H2,1H3,(H,27,28). The van der Waals surface area contributed by atoms with E-state index >= 15 is 4.39 Å². The second-order valence-corrected chi connectivity index (χ2v) is 7.83. The highest BCUT2D eigenvalue weighted by Gasteiger charge is 2.46. The van der Waals surface area contributed by atoms with Crippen molar-refractivity contribution in [3.63, 3.8) is 0 Å². The van der Waals surface area contributed by atoms with Crippen LogP contribution in [0, 0.1) is 11.7 Å². The van der Waals surface area contributed by atoms with E-state index in [0.29, 0.717) is 0 Å². The Labute approximate surface area is 174 Å². The summed E-state index contributed by atoms with van der Waals surface area (Å²) in [5.41, 5.74) is -0.772. The van der Waals surface area contributed by atoms with Gasteiger partial charge in [-0.2, -0.15) is 0 Å². The van der Waals surface area contributed by atoms with Gasteiger partial charge in [0.25, 0.3) is 0 Å². The van der Waals surface area contributed by atoms with E-state index in [1.54, 1.807) is 16.4 Å². The molecule has 2 unspecified atom stereocenters. The van der Waals surface area contributed by atoms with Crippen LogP contribution in [-0.2, 0) is 14.4 Å². The van der Waals surface area contributed by atoms with Crippen LogP contribution in [-0.4, -0.2) is 58.1 Å². The Balaban J connectivity index is 1.54. The zero-order valence-electron chi connectivity index (χ0n) is 16.6. The number of aromatic carboxylic acids is 1. The number of oxime groups is 1. The molecule has 3 aliphatic rings. The number of pyridine rings is 2. The molecular weight excluding hydrogens is 411 g/mol. The molecule has 31 heavy (non-hydrogen) atoms. The normalized spacial score (nSPS) is 22.3. The van der Waals surface area contributed by atoms with E-state index in [4.69, 9.17) is 9.57 Å². The first kappa shape index (κ1) is 19.5. The van der Waals surface area contributed by atoms with Gasteiger partial charge < -0.3 is 24.1 Å². The van der Waals surface area contributed by atoms with Crippen LogP contribution in [0.25, 0.3) is 11.0 Å². The summed E-state index contributed by atoms with van der Waals surface area (Å²) < 4.78 is 21.7. The molecule has 1 saturated heterocycles. The number of carbonyl (C=O) groups is 2. The van der Waals surface area contributed by atoms with E-state index < -0.39 is 34.9 Å². The minimum atomic E-state index is -1.36. The molecule has 0 aromatic carbocycles. The van der Waals surface area contributed by atoms with Gasteiger partial charge in [-0.15, -0.1) is 0 Å². The monoisotopic (exact) mass is 430 g/mol. The van der Waals surface area contributed by atoms with Gasteiger partial charge in [-0.1, -0.05) is 5.16 Å². The molecule has 1 saturated carbocycles. The molecule has 2 aliphatic heterocycles. The van der Waals surface area contributed by atoms with Crippen LogP contribution < -0.4 is 10.3 Å². The fourth-order valence-corrected chi connectivity index (χ4v) is 4.14. The number of ether oxygens (including phenoxy) is 1. The largest absolute Gasteiger partial charge is 0.477 e. The van der Waals surface area contributed by atoms with Gasteiger partial charge in [-0.3, -0.25) is 4.79 Å². The Hall–Kier alpha value is -3.50. The summed E-state index contributed by atoms with van der Waals surface area (Å²) in [5.74, 6) is -3.03. The number of halogens is 1. The third kappa shape index (κ3) is 3.11. The summed E-state index contributed by atoms with van der Waals surface area (Å²) in [4.78, 5) is 47.6. The molecule has 0 bridgehead atoms. The molecule has 5 rings (SSSR count). The van der Waals surface area contributed by atoms with Crippen LogP contribution in [0.1, 0.15) is 36.2 Å². The molecule has 1 N–H and O–H groups in total. The average molecular weight is 430 g/mol. The first-order valence-corrected chi connectivity index (χ1v) is 10.0.